The molecule has 22 heavy (non-hydrogen) atoms. The standard InChI is InChI=1S/C17H21N3O2/c1-3-17(4-5-17)16(22)20-10-11(2)6-14(20)13-9-19-8-12(7-18)15(13)21/h8-9,11,14H,3-6,10H2,1-2H3,(H,19,21)/t11-,14+/m1/s1. The van der Waals surface area contributed by atoms with E-state index in [4.69, 9.17) is 5.26 Å². The monoisotopic (exact) mass is 299 g/mol. The van der Waals surface area contributed by atoms with E-state index in [1.807, 2.05) is 11.0 Å². The Bertz CT molecular complexity index is 697. The summed E-state index contributed by atoms with van der Waals surface area (Å²) in [6.07, 6.45) is 6.62. The van der Waals surface area contributed by atoms with Crippen LogP contribution in [0, 0.1) is 22.7 Å². The normalized spacial score (nSPS) is 25.8. The second-order valence-electron chi connectivity index (χ2n) is 6.71. The van der Waals surface area contributed by atoms with Crippen LogP contribution < -0.4 is 5.43 Å². The van der Waals surface area contributed by atoms with Crippen LogP contribution in [0.25, 0.3) is 0 Å². The van der Waals surface area contributed by atoms with Gasteiger partial charge in [-0.1, -0.05) is 13.8 Å². The van der Waals surface area contributed by atoms with E-state index < -0.39 is 0 Å². The van der Waals surface area contributed by atoms with Gasteiger partial charge in [-0.25, -0.2) is 0 Å². The number of likely N-dealkylation sites (tertiary alicyclic amines) is 1. The highest BCUT2D eigenvalue weighted by atomic mass is 16.2. The molecule has 2 heterocycles. The maximum Gasteiger partial charge on any atom is 0.229 e. The van der Waals surface area contributed by atoms with Gasteiger partial charge in [0.15, 0.2) is 0 Å². The number of H-pyrrole nitrogens is 1. The van der Waals surface area contributed by atoms with Gasteiger partial charge in [-0.05, 0) is 31.6 Å². The van der Waals surface area contributed by atoms with Crippen LogP contribution in [0.2, 0.25) is 0 Å². The van der Waals surface area contributed by atoms with Crippen LogP contribution in [-0.2, 0) is 4.79 Å². The van der Waals surface area contributed by atoms with Crippen LogP contribution in [0.4, 0.5) is 0 Å². The van der Waals surface area contributed by atoms with E-state index in [0.29, 0.717) is 18.0 Å². The number of pyridine rings is 1. The minimum Gasteiger partial charge on any atom is -0.366 e. The molecule has 1 saturated carbocycles. The van der Waals surface area contributed by atoms with Crippen molar-refractivity contribution in [3.63, 3.8) is 0 Å². The third-order valence-electron chi connectivity index (χ3n) is 5.21. The van der Waals surface area contributed by atoms with Crippen LogP contribution in [0.3, 0.4) is 0 Å². The first kappa shape index (κ1) is 14.8. The number of aromatic nitrogens is 1. The van der Waals surface area contributed by atoms with Gasteiger partial charge in [0.25, 0.3) is 0 Å². The highest BCUT2D eigenvalue weighted by Crippen LogP contribution is 2.52. The van der Waals surface area contributed by atoms with E-state index in [1.165, 1.54) is 6.20 Å². The predicted octanol–water partition coefficient (Wildman–Crippen LogP) is 2.35. The summed E-state index contributed by atoms with van der Waals surface area (Å²) in [7, 11) is 0. The highest BCUT2D eigenvalue weighted by molar-refractivity contribution is 5.86. The summed E-state index contributed by atoms with van der Waals surface area (Å²) in [4.78, 5) is 30.1. The van der Waals surface area contributed by atoms with Gasteiger partial charge in [-0.2, -0.15) is 5.26 Å². The fraction of sp³-hybridized carbons (Fsp3) is 0.588. The number of carbonyl (C=O) groups excluding carboxylic acids is 1. The van der Waals surface area contributed by atoms with Crippen molar-refractivity contribution in [2.45, 2.75) is 45.6 Å². The first-order valence-corrected chi connectivity index (χ1v) is 7.94. The third kappa shape index (κ3) is 2.23. The number of aromatic amines is 1. The molecule has 0 aromatic carbocycles. The summed E-state index contributed by atoms with van der Waals surface area (Å²) < 4.78 is 0. The summed E-state index contributed by atoms with van der Waals surface area (Å²) in [6, 6.07) is 1.72. The van der Waals surface area contributed by atoms with Gasteiger partial charge >= 0.3 is 0 Å². The zero-order chi connectivity index (χ0) is 15.9. The number of hydrogen-bond acceptors (Lipinski definition) is 3. The molecule has 3 rings (SSSR count). The molecule has 0 spiro atoms. The summed E-state index contributed by atoms with van der Waals surface area (Å²) in [5.74, 6) is 0.554. The van der Waals surface area contributed by atoms with Crippen molar-refractivity contribution >= 4 is 5.91 Å². The second-order valence-corrected chi connectivity index (χ2v) is 6.71. The number of amides is 1. The van der Waals surface area contributed by atoms with Gasteiger partial charge in [-0.3, -0.25) is 9.59 Å². The second kappa shape index (κ2) is 5.28. The molecule has 2 aliphatic rings. The highest BCUT2D eigenvalue weighted by Gasteiger charge is 2.52. The van der Waals surface area contributed by atoms with Gasteiger partial charge in [0.2, 0.25) is 11.3 Å². The summed E-state index contributed by atoms with van der Waals surface area (Å²) in [5, 5.41) is 9.04. The van der Waals surface area contributed by atoms with E-state index in [-0.39, 0.29) is 28.4 Å². The Morgan fingerprint density at radius 2 is 2.23 bits per heavy atom. The minimum absolute atomic E-state index is 0.112. The maximum atomic E-state index is 12.9. The maximum absolute atomic E-state index is 12.9. The Kier molecular flexibility index (Phi) is 3.56. The number of nitriles is 1. The van der Waals surface area contributed by atoms with Gasteiger partial charge in [0, 0.05) is 29.9 Å². The summed E-state index contributed by atoms with van der Waals surface area (Å²) in [5.41, 5.74) is 0.214. The molecule has 5 heteroatoms. The van der Waals surface area contributed by atoms with Crippen molar-refractivity contribution in [3.8, 4) is 6.07 Å². The Hall–Kier alpha value is -2.09. The van der Waals surface area contributed by atoms with Gasteiger partial charge in [0.1, 0.15) is 11.6 Å². The fourth-order valence-corrected chi connectivity index (χ4v) is 3.57. The van der Waals surface area contributed by atoms with Crippen molar-refractivity contribution in [1.29, 1.82) is 5.26 Å². The number of carbonyl (C=O) groups is 1. The summed E-state index contributed by atoms with van der Waals surface area (Å²) >= 11 is 0. The third-order valence-corrected chi connectivity index (χ3v) is 5.21. The molecule has 1 amide bonds. The Morgan fingerprint density at radius 3 is 2.82 bits per heavy atom. The average molecular weight is 299 g/mol. The van der Waals surface area contributed by atoms with Gasteiger partial charge < -0.3 is 9.88 Å². The number of rotatable bonds is 3. The number of nitrogens with zero attached hydrogens (tertiary/aromatic N) is 2. The molecule has 0 radical (unpaired) electrons. The first-order valence-electron chi connectivity index (χ1n) is 7.94. The van der Waals surface area contributed by atoms with E-state index in [9.17, 15) is 9.59 Å². The van der Waals surface area contributed by atoms with Crippen molar-refractivity contribution in [1.82, 2.24) is 9.88 Å². The van der Waals surface area contributed by atoms with E-state index in [0.717, 1.165) is 25.7 Å². The molecule has 1 aromatic rings. The number of nitrogens with one attached hydrogen (secondary N) is 1. The van der Waals surface area contributed by atoms with Crippen LogP contribution in [-0.4, -0.2) is 22.3 Å². The zero-order valence-electron chi connectivity index (χ0n) is 13.1. The van der Waals surface area contributed by atoms with Crippen molar-refractivity contribution in [2.24, 2.45) is 11.3 Å². The Labute approximate surface area is 129 Å². The smallest absolute Gasteiger partial charge is 0.229 e. The first-order chi connectivity index (χ1) is 10.5. The van der Waals surface area contributed by atoms with Crippen LogP contribution in [0.5, 0.6) is 0 Å². The van der Waals surface area contributed by atoms with Crippen molar-refractivity contribution in [3.05, 3.63) is 33.7 Å². The van der Waals surface area contributed by atoms with Crippen LogP contribution in [0.1, 0.15) is 56.7 Å². The Balaban J connectivity index is 1.97. The molecule has 0 unspecified atom stereocenters. The molecular weight excluding hydrogens is 278 g/mol. The molecule has 0 bridgehead atoms. The molecule has 1 aromatic heterocycles. The lowest BCUT2D eigenvalue weighted by molar-refractivity contribution is -0.138. The SMILES string of the molecule is CCC1(C(=O)N2C[C@H](C)C[C@H]2c2c[nH]cc(C#N)c2=O)CC1. The number of hydrogen-bond donors (Lipinski definition) is 1. The fourth-order valence-electron chi connectivity index (χ4n) is 3.57. The van der Waals surface area contributed by atoms with E-state index in [2.05, 4.69) is 18.8 Å². The van der Waals surface area contributed by atoms with Crippen LogP contribution >= 0.6 is 0 Å². The van der Waals surface area contributed by atoms with Crippen molar-refractivity contribution < 1.29 is 4.79 Å². The predicted molar refractivity (Wildman–Crippen MR) is 82.0 cm³/mol. The quantitative estimate of drug-likeness (QED) is 0.930. The Morgan fingerprint density at radius 1 is 1.50 bits per heavy atom. The van der Waals surface area contributed by atoms with E-state index in [1.54, 1.807) is 6.20 Å². The van der Waals surface area contributed by atoms with Crippen LogP contribution in [0.15, 0.2) is 17.2 Å². The largest absolute Gasteiger partial charge is 0.366 e. The summed E-state index contributed by atoms with van der Waals surface area (Å²) in [6.45, 7) is 4.86. The molecule has 2 atom stereocenters. The van der Waals surface area contributed by atoms with Crippen molar-refractivity contribution in [2.75, 3.05) is 6.54 Å². The molecule has 116 valence electrons. The van der Waals surface area contributed by atoms with E-state index >= 15 is 0 Å². The average Bonchev–Trinajstić information content (AvgIpc) is 3.23. The lowest BCUT2D eigenvalue weighted by Gasteiger charge is -2.28. The van der Waals surface area contributed by atoms with Gasteiger partial charge in [0.05, 0.1) is 6.04 Å². The molecule has 1 aliphatic heterocycles. The molecule has 2 fully saturated rings. The molecule has 1 aliphatic carbocycles. The molecule has 1 saturated heterocycles. The molecular formula is C17H21N3O2. The lowest BCUT2D eigenvalue weighted by Crippen LogP contribution is -2.38. The molecule has 5 nitrogen and oxygen atoms in total. The zero-order valence-corrected chi connectivity index (χ0v) is 13.1. The topological polar surface area (TPSA) is 77.0 Å². The van der Waals surface area contributed by atoms with Gasteiger partial charge in [-0.15, -0.1) is 0 Å². The molecule has 1 N–H and O–H groups in total. The lowest BCUT2D eigenvalue weighted by atomic mass is 9.98. The minimum atomic E-state index is -0.250.